The van der Waals surface area contributed by atoms with Crippen LogP contribution in [0.4, 0.5) is 0 Å². The van der Waals surface area contributed by atoms with E-state index in [2.05, 4.69) is 10.3 Å². The van der Waals surface area contributed by atoms with E-state index in [-0.39, 0.29) is 24.4 Å². The molecule has 10 heteroatoms. The second-order valence-corrected chi connectivity index (χ2v) is 6.68. The Morgan fingerprint density at radius 2 is 1.38 bits per heavy atom. The molecule has 0 aliphatic carbocycles. The Bertz CT molecular complexity index is 881. The van der Waals surface area contributed by atoms with Crippen molar-refractivity contribution in [2.24, 2.45) is 0 Å². The summed E-state index contributed by atoms with van der Waals surface area (Å²) in [4.78, 5) is 53.2. The van der Waals surface area contributed by atoms with Crippen LogP contribution in [0.25, 0.3) is 0 Å². The summed E-state index contributed by atoms with van der Waals surface area (Å²) in [5.41, 5.74) is 1.62. The summed E-state index contributed by atoms with van der Waals surface area (Å²) in [5, 5.41) is 2.97. The third-order valence-corrected chi connectivity index (χ3v) is 4.47. The monoisotopic (exact) mass is 446 g/mol. The summed E-state index contributed by atoms with van der Waals surface area (Å²) in [6, 6.07) is 3.35. The highest BCUT2D eigenvalue weighted by Crippen LogP contribution is 2.38. The number of dihydropyridines is 1. The fraction of sp³-hybridized carbons (Fsp3) is 0.409. The zero-order valence-electron chi connectivity index (χ0n) is 18.4. The molecule has 2 rings (SSSR count). The Morgan fingerprint density at radius 1 is 0.875 bits per heavy atom. The molecule has 0 atom stereocenters. The molecular weight excluding hydrogens is 420 g/mol. The average Bonchev–Trinajstić information content (AvgIpc) is 2.76. The maximum Gasteiger partial charge on any atom is 0.344 e. The largest absolute Gasteiger partial charge is 0.463 e. The summed E-state index contributed by atoms with van der Waals surface area (Å²) in [6.45, 7) is 5.72. The second-order valence-electron chi connectivity index (χ2n) is 6.68. The lowest BCUT2D eigenvalue weighted by Gasteiger charge is -2.30. The molecule has 0 aromatic carbocycles. The lowest BCUT2D eigenvalue weighted by atomic mass is 9.81. The Hall–Kier alpha value is -3.69. The van der Waals surface area contributed by atoms with Crippen molar-refractivity contribution < 1.29 is 38.1 Å². The summed E-state index contributed by atoms with van der Waals surface area (Å²) in [6.07, 6.45) is 3.06. The van der Waals surface area contributed by atoms with Crippen molar-refractivity contribution in [1.29, 1.82) is 0 Å². The zero-order valence-corrected chi connectivity index (χ0v) is 18.4. The van der Waals surface area contributed by atoms with Crippen LogP contribution in [0.5, 0.6) is 0 Å². The van der Waals surface area contributed by atoms with Gasteiger partial charge in [-0.15, -0.1) is 0 Å². The molecule has 1 aromatic rings. The summed E-state index contributed by atoms with van der Waals surface area (Å²) < 4.78 is 19.8. The van der Waals surface area contributed by atoms with E-state index >= 15 is 0 Å². The molecule has 0 unspecified atom stereocenters. The van der Waals surface area contributed by atoms with E-state index in [1.54, 1.807) is 46.0 Å². The van der Waals surface area contributed by atoms with Crippen molar-refractivity contribution in [3.8, 4) is 0 Å². The van der Waals surface area contributed by atoms with Crippen LogP contribution >= 0.6 is 0 Å². The number of aromatic nitrogens is 1. The number of allylic oxidation sites excluding steroid dienone is 2. The first-order valence-electron chi connectivity index (χ1n) is 10.0. The maximum absolute atomic E-state index is 12.9. The first kappa shape index (κ1) is 24.6. The topological polar surface area (TPSA) is 130 Å². The van der Waals surface area contributed by atoms with Crippen molar-refractivity contribution in [1.82, 2.24) is 10.3 Å². The summed E-state index contributed by atoms with van der Waals surface area (Å²) >= 11 is 0. The van der Waals surface area contributed by atoms with Crippen LogP contribution in [0, 0.1) is 0 Å². The molecule has 0 radical (unpaired) electrons. The molecule has 0 fully saturated rings. The predicted octanol–water partition coefficient (Wildman–Crippen LogP) is 1.53. The lowest BCUT2D eigenvalue weighted by Crippen LogP contribution is -2.33. The third kappa shape index (κ3) is 6.16. The molecule has 0 bridgehead atoms. The standard InChI is InChI=1S/C22H26N2O8/c1-5-29-16(25)11-31-21(27)18-13(3)24-14(4)19(20(18)15-8-7-9-23-10-15)22(28)32-12-17(26)30-6-2/h7-10,20,24H,5-6,11-12H2,1-4H3. The number of esters is 4. The van der Waals surface area contributed by atoms with Crippen LogP contribution < -0.4 is 5.32 Å². The molecule has 32 heavy (non-hydrogen) atoms. The van der Waals surface area contributed by atoms with E-state index in [1.807, 2.05) is 0 Å². The van der Waals surface area contributed by atoms with Gasteiger partial charge in [0.2, 0.25) is 0 Å². The van der Waals surface area contributed by atoms with Crippen LogP contribution in [0.15, 0.2) is 47.1 Å². The second kappa shape index (κ2) is 11.6. The van der Waals surface area contributed by atoms with Gasteiger partial charge >= 0.3 is 23.9 Å². The third-order valence-electron chi connectivity index (χ3n) is 4.47. The van der Waals surface area contributed by atoms with E-state index in [9.17, 15) is 19.2 Å². The zero-order chi connectivity index (χ0) is 23.7. The van der Waals surface area contributed by atoms with Crippen LogP contribution in [0.2, 0.25) is 0 Å². The van der Waals surface area contributed by atoms with E-state index in [1.165, 1.54) is 6.20 Å². The number of pyridine rings is 1. The van der Waals surface area contributed by atoms with E-state index in [0.29, 0.717) is 17.0 Å². The Labute approximate surface area is 185 Å². The number of carbonyl (C=O) groups is 4. The van der Waals surface area contributed by atoms with Crippen molar-refractivity contribution in [3.63, 3.8) is 0 Å². The van der Waals surface area contributed by atoms with E-state index < -0.39 is 43.0 Å². The molecule has 1 aromatic heterocycles. The minimum Gasteiger partial charge on any atom is -0.463 e. The quantitative estimate of drug-likeness (QED) is 0.440. The van der Waals surface area contributed by atoms with Gasteiger partial charge in [0, 0.05) is 23.8 Å². The Balaban J connectivity index is 2.37. The molecule has 172 valence electrons. The molecule has 0 saturated heterocycles. The smallest absolute Gasteiger partial charge is 0.344 e. The number of hydrogen-bond donors (Lipinski definition) is 1. The van der Waals surface area contributed by atoms with Crippen molar-refractivity contribution in [2.45, 2.75) is 33.6 Å². The molecule has 10 nitrogen and oxygen atoms in total. The van der Waals surface area contributed by atoms with Gasteiger partial charge in [0.05, 0.1) is 30.3 Å². The molecular formula is C22H26N2O8. The lowest BCUT2D eigenvalue weighted by molar-refractivity contribution is -0.157. The number of hydrogen-bond acceptors (Lipinski definition) is 10. The van der Waals surface area contributed by atoms with E-state index in [0.717, 1.165) is 0 Å². The minimum absolute atomic E-state index is 0.107. The van der Waals surface area contributed by atoms with Gasteiger partial charge in [0.1, 0.15) is 0 Å². The normalized spacial score (nSPS) is 13.9. The number of ether oxygens (including phenoxy) is 4. The first-order valence-corrected chi connectivity index (χ1v) is 10.0. The number of nitrogens with one attached hydrogen (secondary N) is 1. The molecule has 0 saturated carbocycles. The van der Waals surface area contributed by atoms with Gasteiger partial charge in [-0.1, -0.05) is 6.07 Å². The van der Waals surface area contributed by atoms with Crippen molar-refractivity contribution in [3.05, 3.63) is 52.6 Å². The number of carbonyl (C=O) groups excluding carboxylic acids is 4. The van der Waals surface area contributed by atoms with Crippen molar-refractivity contribution >= 4 is 23.9 Å². The Kier molecular flexibility index (Phi) is 8.94. The average molecular weight is 446 g/mol. The highest BCUT2D eigenvalue weighted by molar-refractivity contribution is 6.00. The Morgan fingerprint density at radius 3 is 1.78 bits per heavy atom. The SMILES string of the molecule is CCOC(=O)COC(=O)C1=C(C)NC(C)=C(C(=O)OCC(=O)OCC)C1c1cccnc1. The fourth-order valence-corrected chi connectivity index (χ4v) is 3.22. The van der Waals surface area contributed by atoms with Gasteiger partial charge < -0.3 is 24.3 Å². The molecule has 0 spiro atoms. The van der Waals surface area contributed by atoms with Gasteiger partial charge in [-0.3, -0.25) is 4.98 Å². The first-order chi connectivity index (χ1) is 15.3. The maximum atomic E-state index is 12.9. The van der Waals surface area contributed by atoms with Gasteiger partial charge in [-0.2, -0.15) is 0 Å². The van der Waals surface area contributed by atoms with Gasteiger partial charge in [-0.05, 0) is 39.3 Å². The molecule has 1 aliphatic heterocycles. The molecule has 1 aliphatic rings. The molecule has 1 N–H and O–H groups in total. The molecule has 0 amide bonds. The van der Waals surface area contributed by atoms with E-state index in [4.69, 9.17) is 18.9 Å². The van der Waals surface area contributed by atoms with Crippen LogP contribution in [-0.2, 0) is 38.1 Å². The summed E-state index contributed by atoms with van der Waals surface area (Å²) in [5.74, 6) is -3.89. The van der Waals surface area contributed by atoms with Crippen LogP contribution in [-0.4, -0.2) is 55.3 Å². The minimum atomic E-state index is -0.894. The van der Waals surface area contributed by atoms with Crippen LogP contribution in [0.1, 0.15) is 39.2 Å². The van der Waals surface area contributed by atoms with Gasteiger partial charge in [-0.25, -0.2) is 19.2 Å². The summed E-state index contributed by atoms with van der Waals surface area (Å²) in [7, 11) is 0. The molecule has 2 heterocycles. The number of nitrogens with zero attached hydrogens (tertiary/aromatic N) is 1. The van der Waals surface area contributed by atoms with Gasteiger partial charge in [0.15, 0.2) is 13.2 Å². The highest BCUT2D eigenvalue weighted by Gasteiger charge is 2.38. The van der Waals surface area contributed by atoms with Gasteiger partial charge in [0.25, 0.3) is 0 Å². The fourth-order valence-electron chi connectivity index (χ4n) is 3.22. The predicted molar refractivity (Wildman–Crippen MR) is 111 cm³/mol. The van der Waals surface area contributed by atoms with Crippen molar-refractivity contribution in [2.75, 3.05) is 26.4 Å². The van der Waals surface area contributed by atoms with Crippen LogP contribution in [0.3, 0.4) is 0 Å². The highest BCUT2D eigenvalue weighted by atomic mass is 16.6. The number of rotatable bonds is 9.